The lowest BCUT2D eigenvalue weighted by Gasteiger charge is -2.08. The zero-order valence-corrected chi connectivity index (χ0v) is 15.1. The van der Waals surface area contributed by atoms with Gasteiger partial charge in [-0.05, 0) is 53.9 Å². The lowest BCUT2D eigenvalue weighted by atomic mass is 10.0. The summed E-state index contributed by atoms with van der Waals surface area (Å²) in [5.41, 5.74) is 4.65. The average molecular weight is 357 g/mol. The number of oxazole rings is 1. The zero-order valence-electron chi connectivity index (χ0n) is 15.1. The summed E-state index contributed by atoms with van der Waals surface area (Å²) in [6, 6.07) is 16.8. The van der Waals surface area contributed by atoms with Crippen LogP contribution in [0.1, 0.15) is 35.7 Å². The van der Waals surface area contributed by atoms with Gasteiger partial charge in [0.2, 0.25) is 5.89 Å². The van der Waals surface area contributed by atoms with Gasteiger partial charge in [-0.1, -0.05) is 26.0 Å². The van der Waals surface area contributed by atoms with E-state index in [0.29, 0.717) is 34.2 Å². The van der Waals surface area contributed by atoms with Gasteiger partial charge in [0.1, 0.15) is 5.52 Å². The predicted molar refractivity (Wildman–Crippen MR) is 106 cm³/mol. The highest BCUT2D eigenvalue weighted by Gasteiger charge is 2.11. The number of nitrogens with zero attached hydrogens (tertiary/aromatic N) is 2. The third-order valence-electron chi connectivity index (χ3n) is 4.39. The maximum atomic E-state index is 12.5. The lowest BCUT2D eigenvalue weighted by Crippen LogP contribution is -2.11. The van der Waals surface area contributed by atoms with Gasteiger partial charge in [-0.3, -0.25) is 9.78 Å². The molecule has 0 aliphatic heterocycles. The number of pyridine rings is 1. The first-order valence-electron chi connectivity index (χ1n) is 8.82. The molecule has 0 saturated carbocycles. The Morgan fingerprint density at radius 1 is 1.07 bits per heavy atom. The fraction of sp³-hybridized carbons (Fsp3) is 0.136. The van der Waals surface area contributed by atoms with Crippen LogP contribution in [0.15, 0.2) is 71.4 Å². The number of aromatic nitrogens is 2. The van der Waals surface area contributed by atoms with Crippen molar-refractivity contribution >= 4 is 22.7 Å². The highest BCUT2D eigenvalue weighted by Crippen LogP contribution is 2.26. The Bertz CT molecular complexity index is 1080. The van der Waals surface area contributed by atoms with Crippen molar-refractivity contribution in [3.05, 3.63) is 78.1 Å². The number of anilines is 1. The number of carbonyl (C=O) groups is 1. The molecule has 1 amide bonds. The second kappa shape index (κ2) is 7.03. The lowest BCUT2D eigenvalue weighted by molar-refractivity contribution is 0.102. The van der Waals surface area contributed by atoms with Crippen molar-refractivity contribution in [2.24, 2.45) is 0 Å². The van der Waals surface area contributed by atoms with E-state index in [1.807, 2.05) is 36.4 Å². The van der Waals surface area contributed by atoms with Gasteiger partial charge < -0.3 is 9.73 Å². The van der Waals surface area contributed by atoms with E-state index in [9.17, 15) is 4.79 Å². The first-order chi connectivity index (χ1) is 13.1. The summed E-state index contributed by atoms with van der Waals surface area (Å²) >= 11 is 0. The minimum atomic E-state index is -0.152. The fourth-order valence-corrected chi connectivity index (χ4v) is 2.84. The fourth-order valence-electron chi connectivity index (χ4n) is 2.84. The molecule has 2 aromatic carbocycles. The molecular formula is C22H19N3O2. The molecule has 2 heterocycles. The summed E-state index contributed by atoms with van der Waals surface area (Å²) in [4.78, 5) is 21.1. The molecular weight excluding hydrogens is 338 g/mol. The number of fused-ring (bicyclic) bond motifs is 1. The molecule has 1 N–H and O–H groups in total. The summed E-state index contributed by atoms with van der Waals surface area (Å²) in [5.74, 6) is 0.789. The van der Waals surface area contributed by atoms with Gasteiger partial charge in [0, 0.05) is 23.6 Å². The maximum Gasteiger partial charge on any atom is 0.255 e. The molecule has 4 rings (SSSR count). The van der Waals surface area contributed by atoms with Gasteiger partial charge in [0.05, 0.1) is 5.56 Å². The highest BCUT2D eigenvalue weighted by atomic mass is 16.3. The van der Waals surface area contributed by atoms with Crippen LogP contribution < -0.4 is 5.32 Å². The molecule has 0 bridgehead atoms. The first kappa shape index (κ1) is 17.0. The number of amides is 1. The van der Waals surface area contributed by atoms with E-state index >= 15 is 0 Å². The molecule has 0 unspecified atom stereocenters. The minimum Gasteiger partial charge on any atom is -0.436 e. The SMILES string of the molecule is CC(C)c1ccc(C(=O)Nc2ccc3oc(-c4cccnc4)nc3c2)cc1. The molecule has 27 heavy (non-hydrogen) atoms. The number of carbonyl (C=O) groups excluding carboxylic acids is 1. The van der Waals surface area contributed by atoms with Gasteiger partial charge >= 0.3 is 0 Å². The number of hydrogen-bond acceptors (Lipinski definition) is 4. The molecule has 134 valence electrons. The van der Waals surface area contributed by atoms with Crippen LogP contribution in [0.3, 0.4) is 0 Å². The first-order valence-corrected chi connectivity index (χ1v) is 8.82. The quantitative estimate of drug-likeness (QED) is 0.540. The average Bonchev–Trinajstić information content (AvgIpc) is 3.12. The van der Waals surface area contributed by atoms with E-state index in [2.05, 4.69) is 29.1 Å². The monoisotopic (exact) mass is 357 g/mol. The molecule has 0 radical (unpaired) electrons. The Labute approximate surface area is 157 Å². The van der Waals surface area contributed by atoms with Crippen LogP contribution in [0.5, 0.6) is 0 Å². The summed E-state index contributed by atoms with van der Waals surface area (Å²) < 4.78 is 5.77. The summed E-state index contributed by atoms with van der Waals surface area (Å²) in [6.07, 6.45) is 3.40. The maximum absolute atomic E-state index is 12.5. The van der Waals surface area contributed by atoms with Crippen molar-refractivity contribution < 1.29 is 9.21 Å². The second-order valence-corrected chi connectivity index (χ2v) is 6.67. The van der Waals surface area contributed by atoms with E-state index in [0.717, 1.165) is 5.56 Å². The molecule has 0 spiro atoms. The Kier molecular flexibility index (Phi) is 4.42. The van der Waals surface area contributed by atoms with Crippen LogP contribution in [-0.2, 0) is 0 Å². The highest BCUT2D eigenvalue weighted by molar-refractivity contribution is 6.05. The van der Waals surface area contributed by atoms with Crippen LogP contribution in [0.25, 0.3) is 22.6 Å². The van der Waals surface area contributed by atoms with Gasteiger partial charge in [-0.2, -0.15) is 0 Å². The van der Waals surface area contributed by atoms with Crippen molar-refractivity contribution in [3.8, 4) is 11.5 Å². The third-order valence-corrected chi connectivity index (χ3v) is 4.39. The van der Waals surface area contributed by atoms with Crippen LogP contribution in [0.4, 0.5) is 5.69 Å². The minimum absolute atomic E-state index is 0.152. The molecule has 0 saturated heterocycles. The zero-order chi connectivity index (χ0) is 18.8. The van der Waals surface area contributed by atoms with Crippen molar-refractivity contribution in [3.63, 3.8) is 0 Å². The van der Waals surface area contributed by atoms with Gasteiger partial charge in [0.25, 0.3) is 5.91 Å². The molecule has 5 nitrogen and oxygen atoms in total. The van der Waals surface area contributed by atoms with Crippen LogP contribution >= 0.6 is 0 Å². The molecule has 0 atom stereocenters. The molecule has 2 aromatic heterocycles. The number of benzene rings is 2. The second-order valence-electron chi connectivity index (χ2n) is 6.67. The Balaban J connectivity index is 1.56. The Morgan fingerprint density at radius 3 is 2.59 bits per heavy atom. The van der Waals surface area contributed by atoms with Crippen molar-refractivity contribution in [2.45, 2.75) is 19.8 Å². The predicted octanol–water partition coefficient (Wildman–Crippen LogP) is 5.27. The standard InChI is InChI=1S/C22H19N3O2/c1-14(2)15-5-7-16(8-6-15)21(26)24-18-9-10-20-19(12-18)25-22(27-20)17-4-3-11-23-13-17/h3-14H,1-2H3,(H,24,26). The largest absolute Gasteiger partial charge is 0.436 e. The smallest absolute Gasteiger partial charge is 0.255 e. The van der Waals surface area contributed by atoms with Crippen molar-refractivity contribution in [1.82, 2.24) is 9.97 Å². The summed E-state index contributed by atoms with van der Waals surface area (Å²) in [6.45, 7) is 4.25. The summed E-state index contributed by atoms with van der Waals surface area (Å²) in [5, 5.41) is 2.92. The van der Waals surface area contributed by atoms with Crippen molar-refractivity contribution in [2.75, 3.05) is 5.32 Å². The molecule has 0 aliphatic rings. The molecule has 5 heteroatoms. The van der Waals surface area contributed by atoms with Gasteiger partial charge in [0.15, 0.2) is 5.58 Å². The van der Waals surface area contributed by atoms with Gasteiger partial charge in [-0.25, -0.2) is 4.98 Å². The van der Waals surface area contributed by atoms with Crippen LogP contribution in [-0.4, -0.2) is 15.9 Å². The third kappa shape index (κ3) is 3.58. The van der Waals surface area contributed by atoms with E-state index in [1.54, 1.807) is 30.6 Å². The Hall–Kier alpha value is -3.47. The molecule has 4 aromatic rings. The summed E-state index contributed by atoms with van der Waals surface area (Å²) in [7, 11) is 0. The van der Waals surface area contributed by atoms with E-state index in [4.69, 9.17) is 4.42 Å². The van der Waals surface area contributed by atoms with E-state index in [1.165, 1.54) is 5.56 Å². The molecule has 0 aliphatic carbocycles. The number of nitrogens with one attached hydrogen (secondary N) is 1. The number of hydrogen-bond donors (Lipinski definition) is 1. The van der Waals surface area contributed by atoms with Crippen LogP contribution in [0.2, 0.25) is 0 Å². The van der Waals surface area contributed by atoms with Crippen molar-refractivity contribution in [1.29, 1.82) is 0 Å². The molecule has 0 fully saturated rings. The van der Waals surface area contributed by atoms with Gasteiger partial charge in [-0.15, -0.1) is 0 Å². The Morgan fingerprint density at radius 2 is 1.89 bits per heavy atom. The van der Waals surface area contributed by atoms with Crippen LogP contribution in [0, 0.1) is 0 Å². The number of rotatable bonds is 4. The topological polar surface area (TPSA) is 68.0 Å². The van der Waals surface area contributed by atoms with E-state index < -0.39 is 0 Å². The van der Waals surface area contributed by atoms with E-state index in [-0.39, 0.29) is 5.91 Å². The normalized spacial score (nSPS) is 11.1.